The van der Waals surface area contributed by atoms with Crippen LogP contribution >= 0.6 is 0 Å². The topological polar surface area (TPSA) is 4.93 Å². The molecule has 0 bridgehead atoms. The van der Waals surface area contributed by atoms with Crippen molar-refractivity contribution in [3.63, 3.8) is 0 Å². The van der Waals surface area contributed by atoms with Crippen LogP contribution in [-0.2, 0) is 0 Å². The number of halogens is 2. The Balaban J connectivity index is 1.37. The van der Waals surface area contributed by atoms with Crippen LogP contribution in [0.15, 0.2) is 115 Å². The second-order valence-electron chi connectivity index (χ2n) is 10.0. The van der Waals surface area contributed by atoms with Gasteiger partial charge in [-0.25, -0.2) is 4.39 Å². The van der Waals surface area contributed by atoms with Gasteiger partial charge in [0.1, 0.15) is 5.82 Å². The minimum absolute atomic E-state index is 0.382. The summed E-state index contributed by atoms with van der Waals surface area (Å²) in [6.45, 7) is 1.89. The van der Waals surface area contributed by atoms with Gasteiger partial charge in [0, 0.05) is 22.3 Å². The first-order valence-corrected chi connectivity index (χ1v) is 13.1. The van der Waals surface area contributed by atoms with Gasteiger partial charge in [0.25, 0.3) is 0 Å². The molecule has 1 nitrogen and oxygen atoms in total. The Bertz CT molecular complexity index is 2160. The number of fused-ring (bicyclic) bond motifs is 7. The number of nitrogens with zero attached hydrogens (tertiary/aromatic N) is 1. The van der Waals surface area contributed by atoms with Crippen LogP contribution in [0.5, 0.6) is 0 Å². The summed E-state index contributed by atoms with van der Waals surface area (Å²) < 4.78 is 30.3. The van der Waals surface area contributed by atoms with Crippen molar-refractivity contribution in [3.8, 4) is 29.2 Å². The summed E-state index contributed by atoms with van der Waals surface area (Å²) in [6, 6.07) is 36.6. The molecule has 0 amide bonds. The zero-order valence-corrected chi connectivity index (χ0v) is 21.8. The lowest BCUT2D eigenvalue weighted by Crippen LogP contribution is -1.97. The molecule has 190 valence electrons. The third kappa shape index (κ3) is 3.69. The molecular formula is C37H23F2N. The van der Waals surface area contributed by atoms with Crippen LogP contribution in [0.1, 0.15) is 11.3 Å². The van der Waals surface area contributed by atoms with Crippen molar-refractivity contribution < 1.29 is 8.78 Å². The van der Waals surface area contributed by atoms with E-state index in [4.69, 9.17) is 6.42 Å². The van der Waals surface area contributed by atoms with Crippen molar-refractivity contribution in [1.29, 1.82) is 0 Å². The molecule has 0 saturated carbocycles. The summed E-state index contributed by atoms with van der Waals surface area (Å²) >= 11 is 0. The molecule has 0 aliphatic carbocycles. The normalized spacial score (nSPS) is 12.0. The van der Waals surface area contributed by atoms with E-state index in [0.717, 1.165) is 28.0 Å². The highest BCUT2D eigenvalue weighted by Gasteiger charge is 2.16. The monoisotopic (exact) mass is 519 g/mol. The molecule has 0 radical (unpaired) electrons. The van der Waals surface area contributed by atoms with Crippen molar-refractivity contribution in [3.05, 3.63) is 132 Å². The van der Waals surface area contributed by atoms with E-state index in [1.54, 1.807) is 6.07 Å². The molecule has 1 heterocycles. The summed E-state index contributed by atoms with van der Waals surface area (Å²) in [5.41, 5.74) is 5.24. The maximum atomic E-state index is 14.2. The van der Waals surface area contributed by atoms with Gasteiger partial charge >= 0.3 is 0 Å². The SMILES string of the molecule is C#C/C(F)=C\c1c(C)n(-c2ccc(-c3ccc4c5ccccc5c5ccccc5c4c3)cc2)c2ccc(F)cc12. The minimum Gasteiger partial charge on any atom is -0.313 e. The van der Waals surface area contributed by atoms with Crippen molar-refractivity contribution >= 4 is 49.3 Å². The highest BCUT2D eigenvalue weighted by Crippen LogP contribution is 2.37. The Morgan fingerprint density at radius 3 is 1.88 bits per heavy atom. The molecule has 0 aliphatic heterocycles. The summed E-state index contributed by atoms with van der Waals surface area (Å²) in [5, 5.41) is 8.05. The number of hydrogen-bond acceptors (Lipinski definition) is 0. The highest BCUT2D eigenvalue weighted by molar-refractivity contribution is 6.25. The fraction of sp³-hybridized carbons (Fsp3) is 0.0270. The van der Waals surface area contributed by atoms with E-state index >= 15 is 0 Å². The fourth-order valence-corrected chi connectivity index (χ4v) is 5.99. The van der Waals surface area contributed by atoms with Crippen LogP contribution in [0.2, 0.25) is 0 Å². The molecule has 7 aromatic rings. The maximum absolute atomic E-state index is 14.2. The molecule has 1 aromatic heterocycles. The minimum atomic E-state index is -0.696. The van der Waals surface area contributed by atoms with Crippen LogP contribution in [0, 0.1) is 25.1 Å². The van der Waals surface area contributed by atoms with Gasteiger partial charge in [0.15, 0.2) is 5.83 Å². The first-order valence-electron chi connectivity index (χ1n) is 13.1. The van der Waals surface area contributed by atoms with Gasteiger partial charge in [-0.2, -0.15) is 4.39 Å². The van der Waals surface area contributed by atoms with Crippen LogP contribution in [-0.4, -0.2) is 4.57 Å². The van der Waals surface area contributed by atoms with Crippen LogP contribution in [0.3, 0.4) is 0 Å². The van der Waals surface area contributed by atoms with E-state index in [9.17, 15) is 8.78 Å². The van der Waals surface area contributed by atoms with Gasteiger partial charge in [-0.15, -0.1) is 6.42 Å². The molecule has 0 fully saturated rings. The number of hydrogen-bond donors (Lipinski definition) is 0. The Hall–Kier alpha value is -5.20. The van der Waals surface area contributed by atoms with E-state index in [0.29, 0.717) is 10.9 Å². The summed E-state index contributed by atoms with van der Waals surface area (Å²) in [5.74, 6) is 0.941. The highest BCUT2D eigenvalue weighted by atomic mass is 19.1. The van der Waals surface area contributed by atoms with E-state index in [1.165, 1.54) is 50.5 Å². The summed E-state index contributed by atoms with van der Waals surface area (Å²) in [6.07, 6.45) is 6.55. The lowest BCUT2D eigenvalue weighted by atomic mass is 9.92. The molecule has 40 heavy (non-hydrogen) atoms. The first-order chi connectivity index (χ1) is 19.5. The molecule has 0 unspecified atom stereocenters. The molecule has 0 spiro atoms. The zero-order chi connectivity index (χ0) is 27.4. The average molecular weight is 520 g/mol. The third-order valence-electron chi connectivity index (χ3n) is 7.83. The third-order valence-corrected chi connectivity index (χ3v) is 7.83. The van der Waals surface area contributed by atoms with E-state index < -0.39 is 5.83 Å². The molecule has 3 heteroatoms. The summed E-state index contributed by atoms with van der Waals surface area (Å²) in [7, 11) is 0. The summed E-state index contributed by atoms with van der Waals surface area (Å²) in [4.78, 5) is 0. The quantitative estimate of drug-likeness (QED) is 0.162. The van der Waals surface area contributed by atoms with Crippen molar-refractivity contribution in [2.24, 2.45) is 0 Å². The Morgan fingerprint density at radius 2 is 1.25 bits per heavy atom. The lowest BCUT2D eigenvalue weighted by molar-refractivity contribution is 0.629. The molecule has 0 aliphatic rings. The Morgan fingerprint density at radius 1 is 0.675 bits per heavy atom. The Labute approximate surface area is 230 Å². The number of benzene rings is 6. The van der Waals surface area contributed by atoms with Gasteiger partial charge in [-0.1, -0.05) is 72.8 Å². The van der Waals surface area contributed by atoms with Crippen LogP contribution < -0.4 is 0 Å². The van der Waals surface area contributed by atoms with Gasteiger partial charge in [0.05, 0.1) is 5.52 Å². The van der Waals surface area contributed by atoms with Crippen molar-refractivity contribution in [2.75, 3.05) is 0 Å². The molecule has 7 rings (SSSR count). The van der Waals surface area contributed by atoms with Gasteiger partial charge in [-0.3, -0.25) is 0 Å². The fourth-order valence-electron chi connectivity index (χ4n) is 5.99. The standard InChI is InChI=1S/C37H23F2N/c1-3-26(38)21-34-23(2)40(37-19-15-27(39)22-36(34)37)28-16-12-24(13-17-28)25-14-18-33-31-10-5-4-8-29(31)30-9-6-7-11-32(30)35(33)20-25/h1,4-22H,2H3/b26-21+. The van der Waals surface area contributed by atoms with Gasteiger partial charge < -0.3 is 4.57 Å². The Kier molecular flexibility index (Phi) is 5.51. The van der Waals surface area contributed by atoms with Crippen molar-refractivity contribution in [1.82, 2.24) is 4.57 Å². The van der Waals surface area contributed by atoms with E-state index in [-0.39, 0.29) is 5.82 Å². The molecular weight excluding hydrogens is 496 g/mol. The second kappa shape index (κ2) is 9.22. The van der Waals surface area contributed by atoms with Crippen LogP contribution in [0.4, 0.5) is 8.78 Å². The predicted octanol–water partition coefficient (Wildman–Crippen LogP) is 10.1. The van der Waals surface area contributed by atoms with Crippen LogP contribution in [0.25, 0.3) is 66.1 Å². The smallest absolute Gasteiger partial charge is 0.173 e. The lowest BCUT2D eigenvalue weighted by Gasteiger charge is -2.13. The zero-order valence-electron chi connectivity index (χ0n) is 21.8. The molecule has 6 aromatic carbocycles. The molecule has 0 atom stereocenters. The van der Waals surface area contributed by atoms with E-state index in [1.807, 2.05) is 29.5 Å². The van der Waals surface area contributed by atoms with Crippen molar-refractivity contribution in [2.45, 2.75) is 6.92 Å². The first kappa shape index (κ1) is 23.9. The maximum Gasteiger partial charge on any atom is 0.173 e. The number of allylic oxidation sites excluding steroid dienone is 1. The second-order valence-corrected chi connectivity index (χ2v) is 10.0. The van der Waals surface area contributed by atoms with E-state index in [2.05, 4.69) is 78.9 Å². The number of rotatable bonds is 3. The predicted molar refractivity (Wildman–Crippen MR) is 164 cm³/mol. The largest absolute Gasteiger partial charge is 0.313 e. The number of aromatic nitrogens is 1. The average Bonchev–Trinajstić information content (AvgIpc) is 3.26. The molecule has 0 saturated heterocycles. The number of terminal acetylenes is 1. The van der Waals surface area contributed by atoms with Gasteiger partial charge in [0.2, 0.25) is 0 Å². The van der Waals surface area contributed by atoms with Gasteiger partial charge in [-0.05, 0) is 98.8 Å². The molecule has 0 N–H and O–H groups in total.